The summed E-state index contributed by atoms with van der Waals surface area (Å²) in [7, 11) is -0.862. The van der Waals surface area contributed by atoms with Gasteiger partial charge in [-0.25, -0.2) is 0 Å². The van der Waals surface area contributed by atoms with Crippen LogP contribution >= 0.6 is 11.6 Å². The average Bonchev–Trinajstić information content (AvgIpc) is 2.16. The molecule has 0 aliphatic rings. The van der Waals surface area contributed by atoms with Crippen LogP contribution in [0.1, 0.15) is 6.92 Å². The molecule has 14 heavy (non-hydrogen) atoms. The minimum Gasteiger partial charge on any atom is -0.468 e. The van der Waals surface area contributed by atoms with Crippen LogP contribution in [0.4, 0.5) is 0 Å². The first kappa shape index (κ1) is 11.3. The summed E-state index contributed by atoms with van der Waals surface area (Å²) in [6, 6.07) is 7.46. The lowest BCUT2D eigenvalue weighted by Gasteiger charge is -2.11. The molecule has 3 heteroatoms. The van der Waals surface area contributed by atoms with Gasteiger partial charge < -0.3 is 4.74 Å². The second kappa shape index (κ2) is 5.22. The Morgan fingerprint density at radius 1 is 1.29 bits per heavy atom. The number of benzene rings is 1. The summed E-state index contributed by atoms with van der Waals surface area (Å²) in [5.74, 6) is 0.865. The standard InChI is InChI=1S/C11H15ClOSi/c1-4-11(14(2)3)13-10-7-5-9(12)6-8-10/h4-8,14H,1-3H3. The van der Waals surface area contributed by atoms with E-state index in [2.05, 4.69) is 13.1 Å². The van der Waals surface area contributed by atoms with Gasteiger partial charge in [-0.05, 0) is 31.2 Å². The Hall–Kier alpha value is -0.733. The van der Waals surface area contributed by atoms with Gasteiger partial charge in [-0.2, -0.15) is 0 Å². The summed E-state index contributed by atoms with van der Waals surface area (Å²) < 4.78 is 5.74. The quantitative estimate of drug-likeness (QED) is 0.565. The minimum absolute atomic E-state index is 0.737. The second-order valence-corrected chi connectivity index (χ2v) is 6.72. The van der Waals surface area contributed by atoms with Gasteiger partial charge in [-0.15, -0.1) is 0 Å². The second-order valence-electron chi connectivity index (χ2n) is 3.40. The molecule has 0 fully saturated rings. The van der Waals surface area contributed by atoms with Crippen LogP contribution in [0.25, 0.3) is 0 Å². The number of allylic oxidation sites excluding steroid dienone is 1. The summed E-state index contributed by atoms with van der Waals surface area (Å²) >= 11 is 5.78. The Bertz CT molecular complexity index is 317. The fourth-order valence-corrected chi connectivity index (χ4v) is 2.31. The molecule has 0 saturated heterocycles. The Morgan fingerprint density at radius 2 is 1.86 bits per heavy atom. The molecule has 0 unspecified atom stereocenters. The fourth-order valence-electron chi connectivity index (χ4n) is 1.15. The van der Waals surface area contributed by atoms with E-state index in [9.17, 15) is 0 Å². The van der Waals surface area contributed by atoms with E-state index in [-0.39, 0.29) is 0 Å². The molecule has 0 amide bonds. The highest BCUT2D eigenvalue weighted by Gasteiger charge is 2.05. The van der Waals surface area contributed by atoms with Gasteiger partial charge in [0.25, 0.3) is 0 Å². The first-order valence-corrected chi connectivity index (χ1v) is 7.99. The van der Waals surface area contributed by atoms with Crippen LogP contribution in [0.2, 0.25) is 18.1 Å². The van der Waals surface area contributed by atoms with Crippen LogP contribution in [-0.4, -0.2) is 8.80 Å². The largest absolute Gasteiger partial charge is 0.468 e. The molecule has 0 saturated carbocycles. The highest BCUT2D eigenvalue weighted by molar-refractivity contribution is 6.63. The third kappa shape index (κ3) is 3.20. The summed E-state index contributed by atoms with van der Waals surface area (Å²) in [5, 5.41) is 1.86. The van der Waals surface area contributed by atoms with E-state index in [1.807, 2.05) is 37.3 Å². The first-order chi connectivity index (χ1) is 6.63. The minimum atomic E-state index is -0.862. The SMILES string of the molecule is CC=C(Oc1ccc(Cl)cc1)[SiH](C)C. The van der Waals surface area contributed by atoms with E-state index in [1.54, 1.807) is 0 Å². The first-order valence-electron chi connectivity index (χ1n) is 4.73. The van der Waals surface area contributed by atoms with Crippen molar-refractivity contribution in [1.29, 1.82) is 0 Å². The van der Waals surface area contributed by atoms with Crippen LogP contribution in [-0.2, 0) is 0 Å². The van der Waals surface area contributed by atoms with Crippen LogP contribution < -0.4 is 4.74 Å². The molecule has 0 radical (unpaired) electrons. The Kier molecular flexibility index (Phi) is 4.23. The summed E-state index contributed by atoms with van der Waals surface area (Å²) in [4.78, 5) is 0. The zero-order valence-corrected chi connectivity index (χ0v) is 10.7. The monoisotopic (exact) mass is 226 g/mol. The van der Waals surface area contributed by atoms with Gasteiger partial charge >= 0.3 is 0 Å². The number of hydrogen-bond donors (Lipinski definition) is 0. The normalized spacial score (nSPS) is 11.9. The van der Waals surface area contributed by atoms with Crippen molar-refractivity contribution in [2.75, 3.05) is 0 Å². The van der Waals surface area contributed by atoms with Gasteiger partial charge in [0.2, 0.25) is 0 Å². The van der Waals surface area contributed by atoms with Gasteiger partial charge in [0, 0.05) is 5.02 Å². The molecule has 1 aromatic rings. The lowest BCUT2D eigenvalue weighted by molar-refractivity contribution is 0.457. The summed E-state index contributed by atoms with van der Waals surface area (Å²) in [6.07, 6.45) is 2.05. The predicted octanol–water partition coefficient (Wildman–Crippen LogP) is 3.65. The van der Waals surface area contributed by atoms with Crippen LogP contribution in [0.3, 0.4) is 0 Å². The van der Waals surface area contributed by atoms with Crippen molar-refractivity contribution < 1.29 is 4.74 Å². The molecule has 1 aromatic carbocycles. The Balaban J connectivity index is 2.73. The maximum atomic E-state index is 5.78. The average molecular weight is 227 g/mol. The maximum Gasteiger partial charge on any atom is 0.126 e. The lowest BCUT2D eigenvalue weighted by Crippen LogP contribution is -2.11. The van der Waals surface area contributed by atoms with E-state index >= 15 is 0 Å². The fraction of sp³-hybridized carbons (Fsp3) is 0.273. The highest BCUT2D eigenvalue weighted by Crippen LogP contribution is 2.18. The molecule has 0 aliphatic heterocycles. The number of hydrogen-bond acceptors (Lipinski definition) is 1. The zero-order chi connectivity index (χ0) is 10.6. The van der Waals surface area contributed by atoms with E-state index in [1.165, 1.54) is 0 Å². The summed E-state index contributed by atoms with van der Waals surface area (Å²) in [6.45, 7) is 6.49. The molecule has 76 valence electrons. The van der Waals surface area contributed by atoms with E-state index in [0.29, 0.717) is 0 Å². The van der Waals surface area contributed by atoms with Crippen molar-refractivity contribution in [1.82, 2.24) is 0 Å². The van der Waals surface area contributed by atoms with Gasteiger partial charge in [-0.1, -0.05) is 30.8 Å². The van der Waals surface area contributed by atoms with Gasteiger partial charge in [0.1, 0.15) is 14.5 Å². The Labute approximate surface area is 92.0 Å². The number of rotatable bonds is 3. The van der Waals surface area contributed by atoms with E-state index in [0.717, 1.165) is 16.2 Å². The number of ether oxygens (including phenoxy) is 1. The van der Waals surface area contributed by atoms with Crippen LogP contribution in [0.5, 0.6) is 5.75 Å². The van der Waals surface area contributed by atoms with Crippen molar-refractivity contribution in [3.05, 3.63) is 40.7 Å². The van der Waals surface area contributed by atoms with Crippen molar-refractivity contribution in [2.24, 2.45) is 0 Å². The molecule has 0 spiro atoms. The molecule has 1 nitrogen and oxygen atoms in total. The molecule has 1 rings (SSSR count). The zero-order valence-electron chi connectivity index (χ0n) is 8.75. The summed E-state index contributed by atoms with van der Waals surface area (Å²) in [5.41, 5.74) is 0. The van der Waals surface area contributed by atoms with Crippen LogP contribution in [0.15, 0.2) is 35.7 Å². The molecule has 0 aromatic heterocycles. The van der Waals surface area contributed by atoms with Gasteiger partial charge in [0.15, 0.2) is 0 Å². The third-order valence-corrected chi connectivity index (χ3v) is 3.74. The predicted molar refractivity (Wildman–Crippen MR) is 64.7 cm³/mol. The van der Waals surface area contributed by atoms with Crippen molar-refractivity contribution in [3.8, 4) is 5.75 Å². The van der Waals surface area contributed by atoms with Crippen molar-refractivity contribution >= 4 is 20.4 Å². The van der Waals surface area contributed by atoms with Crippen molar-refractivity contribution in [3.63, 3.8) is 0 Å². The third-order valence-electron chi connectivity index (χ3n) is 1.90. The maximum absolute atomic E-state index is 5.78. The highest BCUT2D eigenvalue weighted by atomic mass is 35.5. The molecule has 0 atom stereocenters. The van der Waals surface area contributed by atoms with E-state index < -0.39 is 8.80 Å². The van der Waals surface area contributed by atoms with Gasteiger partial charge in [-0.3, -0.25) is 0 Å². The lowest BCUT2D eigenvalue weighted by atomic mass is 10.3. The molecule has 0 aliphatic carbocycles. The molecule has 0 heterocycles. The molecule has 0 bridgehead atoms. The molecular weight excluding hydrogens is 212 g/mol. The van der Waals surface area contributed by atoms with Crippen molar-refractivity contribution in [2.45, 2.75) is 20.0 Å². The smallest absolute Gasteiger partial charge is 0.126 e. The number of halogens is 1. The topological polar surface area (TPSA) is 9.23 Å². The van der Waals surface area contributed by atoms with Crippen LogP contribution in [0, 0.1) is 0 Å². The van der Waals surface area contributed by atoms with E-state index in [4.69, 9.17) is 16.3 Å². The Morgan fingerprint density at radius 3 is 2.29 bits per heavy atom. The van der Waals surface area contributed by atoms with Gasteiger partial charge in [0.05, 0.1) is 5.38 Å². The molecule has 0 N–H and O–H groups in total. The molecular formula is C11H15ClOSi.